The van der Waals surface area contributed by atoms with Crippen molar-refractivity contribution in [3.05, 3.63) is 54.1 Å². The quantitative estimate of drug-likeness (QED) is 0.653. The first-order valence-electron chi connectivity index (χ1n) is 6.88. The molecule has 124 valence electrons. The van der Waals surface area contributed by atoms with Gasteiger partial charge in [-0.15, -0.1) is 10.2 Å². The van der Waals surface area contributed by atoms with Crippen LogP contribution in [-0.4, -0.2) is 16.5 Å². The van der Waals surface area contributed by atoms with Crippen LogP contribution in [0.1, 0.15) is 5.56 Å². The lowest BCUT2D eigenvalue weighted by Crippen LogP contribution is -2.04. The van der Waals surface area contributed by atoms with Crippen LogP contribution in [0.2, 0.25) is 0 Å². The number of nitrogens with zero attached hydrogens (tertiary/aromatic N) is 2. The van der Waals surface area contributed by atoms with Crippen LogP contribution in [-0.2, 0) is 6.18 Å². The van der Waals surface area contributed by atoms with Crippen molar-refractivity contribution in [3.8, 4) is 11.5 Å². The standard InChI is InChI=1S/C16H12F3N3OS/c1-24-15-22-21-14(23-15)12-4-2-3-5-13(12)20-11-8-6-10(7-9-11)16(17,18)19/h2-9,20H,1H3. The van der Waals surface area contributed by atoms with Gasteiger partial charge in [0, 0.05) is 5.69 Å². The molecule has 3 aromatic rings. The first-order valence-corrected chi connectivity index (χ1v) is 8.11. The number of halogens is 3. The maximum absolute atomic E-state index is 12.6. The molecule has 0 spiro atoms. The van der Waals surface area contributed by atoms with Gasteiger partial charge in [-0.05, 0) is 42.7 Å². The minimum atomic E-state index is -4.35. The summed E-state index contributed by atoms with van der Waals surface area (Å²) in [5, 5.41) is 11.4. The molecule has 0 saturated carbocycles. The van der Waals surface area contributed by atoms with E-state index >= 15 is 0 Å². The van der Waals surface area contributed by atoms with E-state index in [0.717, 1.165) is 12.1 Å². The lowest BCUT2D eigenvalue weighted by atomic mass is 10.1. The molecule has 4 nitrogen and oxygen atoms in total. The van der Waals surface area contributed by atoms with E-state index in [1.165, 1.54) is 23.9 Å². The summed E-state index contributed by atoms with van der Waals surface area (Å²) in [6.07, 6.45) is -2.53. The molecule has 0 atom stereocenters. The highest BCUT2D eigenvalue weighted by atomic mass is 32.2. The molecule has 0 aliphatic rings. The monoisotopic (exact) mass is 351 g/mol. The lowest BCUT2D eigenvalue weighted by molar-refractivity contribution is -0.137. The molecule has 0 radical (unpaired) electrons. The zero-order chi connectivity index (χ0) is 17.2. The van der Waals surface area contributed by atoms with Crippen molar-refractivity contribution in [2.45, 2.75) is 11.4 Å². The van der Waals surface area contributed by atoms with Crippen molar-refractivity contribution in [2.24, 2.45) is 0 Å². The van der Waals surface area contributed by atoms with Gasteiger partial charge in [-0.2, -0.15) is 13.2 Å². The summed E-state index contributed by atoms with van der Waals surface area (Å²) >= 11 is 1.33. The summed E-state index contributed by atoms with van der Waals surface area (Å²) in [5.74, 6) is 0.342. The number of alkyl halides is 3. The summed E-state index contributed by atoms with van der Waals surface area (Å²) in [6.45, 7) is 0. The highest BCUT2D eigenvalue weighted by Gasteiger charge is 2.29. The molecule has 1 heterocycles. The number of rotatable bonds is 4. The van der Waals surface area contributed by atoms with Crippen LogP contribution in [0.5, 0.6) is 0 Å². The SMILES string of the molecule is CSc1nnc(-c2ccccc2Nc2ccc(C(F)(F)F)cc2)o1. The average Bonchev–Trinajstić information content (AvgIpc) is 3.04. The van der Waals surface area contributed by atoms with E-state index < -0.39 is 11.7 Å². The number of aromatic nitrogens is 2. The highest BCUT2D eigenvalue weighted by Crippen LogP contribution is 2.33. The third kappa shape index (κ3) is 3.53. The zero-order valence-corrected chi connectivity index (χ0v) is 13.3. The molecule has 0 saturated heterocycles. The summed E-state index contributed by atoms with van der Waals surface area (Å²) in [5.41, 5.74) is 1.17. The van der Waals surface area contributed by atoms with Gasteiger partial charge in [-0.1, -0.05) is 23.9 Å². The Morgan fingerprint density at radius 3 is 2.33 bits per heavy atom. The van der Waals surface area contributed by atoms with E-state index in [4.69, 9.17) is 4.42 Å². The number of para-hydroxylation sites is 1. The summed E-state index contributed by atoms with van der Waals surface area (Å²) in [7, 11) is 0. The fourth-order valence-corrected chi connectivity index (χ4v) is 2.36. The first kappa shape index (κ1) is 16.4. The Kier molecular flexibility index (Phi) is 4.48. The molecule has 3 rings (SSSR count). The summed E-state index contributed by atoms with van der Waals surface area (Å²) < 4.78 is 43.4. The molecule has 0 aliphatic carbocycles. The van der Waals surface area contributed by atoms with Gasteiger partial charge < -0.3 is 9.73 Å². The molecule has 0 fully saturated rings. The second-order valence-corrected chi connectivity index (χ2v) is 5.58. The molecular formula is C16H12F3N3OS. The number of anilines is 2. The Hall–Kier alpha value is -2.48. The van der Waals surface area contributed by atoms with Crippen molar-refractivity contribution in [3.63, 3.8) is 0 Å². The normalized spacial score (nSPS) is 11.5. The highest BCUT2D eigenvalue weighted by molar-refractivity contribution is 7.98. The van der Waals surface area contributed by atoms with E-state index in [1.54, 1.807) is 12.1 Å². The molecule has 8 heteroatoms. The van der Waals surface area contributed by atoms with Gasteiger partial charge in [-0.3, -0.25) is 0 Å². The maximum Gasteiger partial charge on any atom is 0.416 e. The van der Waals surface area contributed by atoms with Gasteiger partial charge in [0.2, 0.25) is 0 Å². The molecule has 24 heavy (non-hydrogen) atoms. The van der Waals surface area contributed by atoms with Crippen LogP contribution in [0.15, 0.2) is 58.2 Å². The molecule has 1 aromatic heterocycles. The number of nitrogens with one attached hydrogen (secondary N) is 1. The molecule has 0 aliphatic heterocycles. The van der Waals surface area contributed by atoms with Crippen molar-refractivity contribution in [1.82, 2.24) is 10.2 Å². The second kappa shape index (κ2) is 6.56. The van der Waals surface area contributed by atoms with Crippen molar-refractivity contribution < 1.29 is 17.6 Å². The molecule has 0 bridgehead atoms. The number of benzene rings is 2. The van der Waals surface area contributed by atoms with Gasteiger partial charge in [0.15, 0.2) is 0 Å². The van der Waals surface area contributed by atoms with Gasteiger partial charge in [0.25, 0.3) is 11.1 Å². The number of thioether (sulfide) groups is 1. The second-order valence-electron chi connectivity index (χ2n) is 4.82. The molecule has 0 unspecified atom stereocenters. The molecule has 2 aromatic carbocycles. The van der Waals surface area contributed by atoms with Crippen LogP contribution in [0.3, 0.4) is 0 Å². The summed E-state index contributed by atoms with van der Waals surface area (Å²) in [4.78, 5) is 0. The molecule has 1 N–H and O–H groups in total. The smallest absolute Gasteiger partial charge is 0.411 e. The third-order valence-corrected chi connectivity index (χ3v) is 3.74. The van der Waals surface area contributed by atoms with Crippen LogP contribution in [0.25, 0.3) is 11.5 Å². The Bertz CT molecular complexity index is 831. The van der Waals surface area contributed by atoms with Crippen LogP contribution in [0.4, 0.5) is 24.5 Å². The minimum Gasteiger partial charge on any atom is -0.411 e. The largest absolute Gasteiger partial charge is 0.416 e. The van der Waals surface area contributed by atoms with E-state index in [2.05, 4.69) is 15.5 Å². The Morgan fingerprint density at radius 2 is 1.71 bits per heavy atom. The first-order chi connectivity index (χ1) is 11.5. The minimum absolute atomic E-state index is 0.342. The van der Waals surface area contributed by atoms with Crippen LogP contribution >= 0.6 is 11.8 Å². The molecule has 0 amide bonds. The predicted octanol–water partition coefficient (Wildman–Crippen LogP) is 5.22. The van der Waals surface area contributed by atoms with E-state index in [9.17, 15) is 13.2 Å². The fraction of sp³-hybridized carbons (Fsp3) is 0.125. The van der Waals surface area contributed by atoms with Gasteiger partial charge in [0.05, 0.1) is 16.8 Å². The Balaban J connectivity index is 1.88. The topological polar surface area (TPSA) is 51.0 Å². The lowest BCUT2D eigenvalue weighted by Gasteiger charge is -2.11. The third-order valence-electron chi connectivity index (χ3n) is 3.23. The van der Waals surface area contributed by atoms with E-state index in [0.29, 0.717) is 28.1 Å². The van der Waals surface area contributed by atoms with Crippen LogP contribution in [0, 0.1) is 0 Å². The van der Waals surface area contributed by atoms with E-state index in [-0.39, 0.29) is 0 Å². The summed E-state index contributed by atoms with van der Waals surface area (Å²) in [6, 6.07) is 12.0. The Labute approximate surface area is 140 Å². The fourth-order valence-electron chi connectivity index (χ4n) is 2.08. The number of hydrogen-bond donors (Lipinski definition) is 1. The Morgan fingerprint density at radius 1 is 1.00 bits per heavy atom. The zero-order valence-electron chi connectivity index (χ0n) is 12.5. The average molecular weight is 351 g/mol. The van der Waals surface area contributed by atoms with Crippen molar-refractivity contribution >= 4 is 23.1 Å². The number of hydrogen-bond acceptors (Lipinski definition) is 5. The van der Waals surface area contributed by atoms with E-state index in [1.807, 2.05) is 18.4 Å². The van der Waals surface area contributed by atoms with Gasteiger partial charge >= 0.3 is 6.18 Å². The van der Waals surface area contributed by atoms with Crippen LogP contribution < -0.4 is 5.32 Å². The molecular weight excluding hydrogens is 339 g/mol. The van der Waals surface area contributed by atoms with Crippen molar-refractivity contribution in [1.29, 1.82) is 0 Å². The predicted molar refractivity (Wildman–Crippen MR) is 86.2 cm³/mol. The van der Waals surface area contributed by atoms with Crippen molar-refractivity contribution in [2.75, 3.05) is 11.6 Å². The maximum atomic E-state index is 12.6. The van der Waals surface area contributed by atoms with Gasteiger partial charge in [-0.25, -0.2) is 0 Å². The van der Waals surface area contributed by atoms with Gasteiger partial charge in [0.1, 0.15) is 0 Å².